The third-order valence-electron chi connectivity index (χ3n) is 1.68. The third-order valence-corrected chi connectivity index (χ3v) is 1.68. The van der Waals surface area contributed by atoms with Crippen LogP contribution < -0.4 is 5.32 Å². The summed E-state index contributed by atoms with van der Waals surface area (Å²) in [6.07, 6.45) is 6.02. The second-order valence-corrected chi connectivity index (χ2v) is 2.92. The van der Waals surface area contributed by atoms with Gasteiger partial charge in [-0.15, -0.1) is 6.42 Å². The quantitative estimate of drug-likeness (QED) is 0.452. The van der Waals surface area contributed by atoms with Crippen LogP contribution in [0, 0.1) is 12.3 Å². The van der Waals surface area contributed by atoms with Crippen molar-refractivity contribution in [3.63, 3.8) is 0 Å². The lowest BCUT2D eigenvalue weighted by Crippen LogP contribution is -2.24. The van der Waals surface area contributed by atoms with Crippen LogP contribution in [-0.2, 0) is 16.2 Å². The molecular formula is C12H12N2O2. The molecule has 1 aromatic carbocycles. The summed E-state index contributed by atoms with van der Waals surface area (Å²) >= 11 is 0. The Balaban J connectivity index is 2.23. The maximum atomic E-state index is 11.0. The van der Waals surface area contributed by atoms with Gasteiger partial charge in [0.05, 0.1) is 6.54 Å². The maximum Gasteiger partial charge on any atom is 0.266 e. The minimum Gasteiger partial charge on any atom is -0.391 e. The molecule has 16 heavy (non-hydrogen) atoms. The van der Waals surface area contributed by atoms with E-state index < -0.39 is 0 Å². The van der Waals surface area contributed by atoms with Gasteiger partial charge < -0.3 is 10.2 Å². The van der Waals surface area contributed by atoms with Crippen LogP contribution in [0.4, 0.5) is 0 Å². The molecule has 0 aliphatic rings. The molecule has 4 nitrogen and oxygen atoms in total. The molecule has 0 spiro atoms. The van der Waals surface area contributed by atoms with Crippen molar-refractivity contribution in [2.45, 2.75) is 6.61 Å². The molecule has 1 rings (SSSR count). The molecule has 0 aromatic heterocycles. The first-order valence-corrected chi connectivity index (χ1v) is 4.73. The van der Waals surface area contributed by atoms with Crippen LogP contribution >= 0.6 is 0 Å². The third kappa shape index (κ3) is 4.82. The van der Waals surface area contributed by atoms with Crippen LogP contribution in [0.3, 0.4) is 0 Å². The van der Waals surface area contributed by atoms with E-state index in [9.17, 15) is 4.79 Å². The van der Waals surface area contributed by atoms with Crippen LogP contribution in [0.2, 0.25) is 0 Å². The number of amides is 1. The summed E-state index contributed by atoms with van der Waals surface area (Å²) in [5.41, 5.74) is 0.990. The zero-order valence-corrected chi connectivity index (χ0v) is 8.72. The van der Waals surface area contributed by atoms with Gasteiger partial charge in [0.2, 0.25) is 0 Å². The highest BCUT2D eigenvalue weighted by Gasteiger charge is 1.93. The van der Waals surface area contributed by atoms with Crippen molar-refractivity contribution < 1.29 is 9.63 Å². The van der Waals surface area contributed by atoms with Crippen LogP contribution in [0.15, 0.2) is 35.5 Å². The minimum atomic E-state index is -0.369. The summed E-state index contributed by atoms with van der Waals surface area (Å²) in [5.74, 6) is 1.91. The Bertz CT molecular complexity index is 393. The highest BCUT2D eigenvalue weighted by Crippen LogP contribution is 1.99. The first-order chi connectivity index (χ1) is 7.83. The van der Waals surface area contributed by atoms with E-state index in [0.717, 1.165) is 11.8 Å². The molecule has 0 aliphatic carbocycles. The Kier molecular flexibility index (Phi) is 5.21. The number of rotatable bonds is 5. The average molecular weight is 216 g/mol. The van der Waals surface area contributed by atoms with Crippen LogP contribution in [0.5, 0.6) is 0 Å². The Morgan fingerprint density at radius 3 is 2.94 bits per heavy atom. The molecule has 0 heterocycles. The number of carbonyl (C=O) groups excluding carboxylic acids is 1. The van der Waals surface area contributed by atoms with Gasteiger partial charge in [0.15, 0.2) is 0 Å². The lowest BCUT2D eigenvalue weighted by Gasteiger charge is -1.98. The molecular weight excluding hydrogens is 204 g/mol. The summed E-state index contributed by atoms with van der Waals surface area (Å²) in [5, 5.41) is 5.94. The van der Waals surface area contributed by atoms with Crippen molar-refractivity contribution in [3.05, 3.63) is 35.9 Å². The van der Waals surface area contributed by atoms with Crippen LogP contribution in [-0.4, -0.2) is 18.7 Å². The monoisotopic (exact) mass is 216 g/mol. The standard InChI is InChI=1S/C12H12N2O2/c1-2-8-13-12(15)9-14-16-10-11-6-4-3-5-7-11/h1,3-7,9H,8,10H2,(H,13,15). The zero-order chi connectivity index (χ0) is 11.6. The molecule has 0 radical (unpaired) electrons. The van der Waals surface area contributed by atoms with Crippen LogP contribution in [0.1, 0.15) is 5.56 Å². The summed E-state index contributed by atoms with van der Waals surface area (Å²) in [6, 6.07) is 9.55. The maximum absolute atomic E-state index is 11.0. The van der Waals surface area contributed by atoms with Crippen molar-refractivity contribution in [2.24, 2.45) is 5.16 Å². The average Bonchev–Trinajstić information content (AvgIpc) is 2.33. The van der Waals surface area contributed by atoms with Gasteiger partial charge in [-0.1, -0.05) is 41.4 Å². The molecule has 4 heteroatoms. The molecule has 0 saturated heterocycles. The first kappa shape index (κ1) is 11.8. The lowest BCUT2D eigenvalue weighted by molar-refractivity contribution is -0.114. The molecule has 1 N–H and O–H groups in total. The van der Waals surface area contributed by atoms with Crippen molar-refractivity contribution in [3.8, 4) is 12.3 Å². The molecule has 0 aliphatic heterocycles. The van der Waals surface area contributed by atoms with E-state index in [1.54, 1.807) is 0 Å². The number of oxime groups is 1. The molecule has 0 unspecified atom stereocenters. The van der Waals surface area contributed by atoms with E-state index in [-0.39, 0.29) is 12.5 Å². The highest BCUT2D eigenvalue weighted by molar-refractivity contribution is 6.26. The van der Waals surface area contributed by atoms with E-state index in [1.807, 2.05) is 30.3 Å². The number of benzene rings is 1. The van der Waals surface area contributed by atoms with Gasteiger partial charge >= 0.3 is 0 Å². The molecule has 82 valence electrons. The smallest absolute Gasteiger partial charge is 0.266 e. The zero-order valence-electron chi connectivity index (χ0n) is 8.72. The van der Waals surface area contributed by atoms with Crippen molar-refractivity contribution in [1.29, 1.82) is 0 Å². The molecule has 0 bridgehead atoms. The van der Waals surface area contributed by atoms with Gasteiger partial charge in [-0.3, -0.25) is 4.79 Å². The Morgan fingerprint density at radius 2 is 2.25 bits per heavy atom. The molecule has 0 fully saturated rings. The fourth-order valence-electron chi connectivity index (χ4n) is 0.955. The van der Waals surface area contributed by atoms with Gasteiger partial charge in [0.25, 0.3) is 5.91 Å². The van der Waals surface area contributed by atoms with Crippen molar-refractivity contribution in [2.75, 3.05) is 6.54 Å². The van der Waals surface area contributed by atoms with E-state index in [0.29, 0.717) is 6.61 Å². The van der Waals surface area contributed by atoms with Gasteiger partial charge in [-0.25, -0.2) is 0 Å². The summed E-state index contributed by atoms with van der Waals surface area (Å²) in [6.45, 7) is 0.517. The molecule has 1 amide bonds. The summed E-state index contributed by atoms with van der Waals surface area (Å²) in [7, 11) is 0. The molecule has 0 atom stereocenters. The fourth-order valence-corrected chi connectivity index (χ4v) is 0.955. The van der Waals surface area contributed by atoms with E-state index in [4.69, 9.17) is 11.3 Å². The number of carbonyl (C=O) groups is 1. The predicted octanol–water partition coefficient (Wildman–Crippen LogP) is 0.938. The van der Waals surface area contributed by atoms with Gasteiger partial charge in [-0.2, -0.15) is 0 Å². The summed E-state index contributed by atoms with van der Waals surface area (Å²) < 4.78 is 0. The first-order valence-electron chi connectivity index (χ1n) is 4.73. The lowest BCUT2D eigenvalue weighted by atomic mass is 10.2. The Morgan fingerprint density at radius 1 is 1.50 bits per heavy atom. The molecule has 0 saturated carbocycles. The number of terminal acetylenes is 1. The second-order valence-electron chi connectivity index (χ2n) is 2.92. The molecule has 1 aromatic rings. The van der Waals surface area contributed by atoms with E-state index >= 15 is 0 Å². The van der Waals surface area contributed by atoms with Gasteiger partial charge in [0, 0.05) is 0 Å². The second kappa shape index (κ2) is 7.07. The topological polar surface area (TPSA) is 50.7 Å². The summed E-state index contributed by atoms with van der Waals surface area (Å²) in [4.78, 5) is 15.9. The largest absolute Gasteiger partial charge is 0.391 e. The Labute approximate surface area is 94.3 Å². The van der Waals surface area contributed by atoms with E-state index in [1.165, 1.54) is 0 Å². The SMILES string of the molecule is C#CCNC(=O)C=NOCc1ccccc1. The predicted molar refractivity (Wildman–Crippen MR) is 61.6 cm³/mol. The Hall–Kier alpha value is -2.28. The van der Waals surface area contributed by atoms with Gasteiger partial charge in [-0.05, 0) is 5.56 Å². The van der Waals surface area contributed by atoms with Crippen LogP contribution in [0.25, 0.3) is 0 Å². The number of nitrogens with zero attached hydrogens (tertiary/aromatic N) is 1. The van der Waals surface area contributed by atoms with Crippen molar-refractivity contribution in [1.82, 2.24) is 5.32 Å². The minimum absolute atomic E-state index is 0.184. The number of hydrogen-bond acceptors (Lipinski definition) is 3. The normalized spacial score (nSPS) is 9.69. The van der Waals surface area contributed by atoms with Gasteiger partial charge in [0.1, 0.15) is 12.8 Å². The highest BCUT2D eigenvalue weighted by atomic mass is 16.6. The number of nitrogens with one attached hydrogen (secondary N) is 1. The van der Waals surface area contributed by atoms with Crippen molar-refractivity contribution >= 4 is 12.1 Å². The number of hydrogen-bond donors (Lipinski definition) is 1. The van der Waals surface area contributed by atoms with E-state index in [2.05, 4.69) is 16.4 Å². The fraction of sp³-hybridized carbons (Fsp3) is 0.167.